The Hall–Kier alpha value is -1.54. The molecule has 2 atom stereocenters. The minimum absolute atomic E-state index is 0.251. The fourth-order valence-electron chi connectivity index (χ4n) is 1.39. The third-order valence-electron chi connectivity index (χ3n) is 2.36. The molecular formula is C10H16N4O3S. The third-order valence-corrected chi connectivity index (χ3v) is 2.62. The number of amides is 1. The van der Waals surface area contributed by atoms with Crippen molar-refractivity contribution in [3.05, 3.63) is 18.2 Å². The highest BCUT2D eigenvalue weighted by atomic mass is 32.1. The molecule has 0 radical (unpaired) electrons. The Kier molecular flexibility index (Phi) is 5.66. The maximum absolute atomic E-state index is 11.7. The van der Waals surface area contributed by atoms with E-state index in [1.807, 2.05) is 0 Å². The minimum Gasteiger partial charge on any atom is -0.480 e. The number of aliphatic carboxylic acids is 1. The lowest BCUT2D eigenvalue weighted by molar-refractivity contribution is -0.142. The third kappa shape index (κ3) is 4.38. The van der Waals surface area contributed by atoms with Crippen molar-refractivity contribution in [1.29, 1.82) is 0 Å². The second kappa shape index (κ2) is 7.02. The summed E-state index contributed by atoms with van der Waals surface area (Å²) in [6.07, 6.45) is 3.58. The monoisotopic (exact) mass is 272 g/mol. The van der Waals surface area contributed by atoms with Crippen LogP contribution in [0.4, 0.5) is 0 Å². The van der Waals surface area contributed by atoms with Crippen LogP contribution in [0.25, 0.3) is 0 Å². The standard InChI is InChI=1S/C10H16N4O3S/c11-7(3-6-4-12-5-13-6)9(15)14-8(1-2-18)10(16)17/h4-5,7-8,18H,1-3,11H2,(H,12,13)(H,14,15)(H,16,17)/t7-,8-/m0/s1. The van der Waals surface area contributed by atoms with Gasteiger partial charge in [0.2, 0.25) is 5.91 Å². The SMILES string of the molecule is N[C@@H](Cc1cnc[nH]1)C(=O)N[C@@H](CCS)C(=O)O. The fraction of sp³-hybridized carbons (Fsp3) is 0.500. The van der Waals surface area contributed by atoms with Crippen LogP contribution in [0.15, 0.2) is 12.5 Å². The molecule has 18 heavy (non-hydrogen) atoms. The van der Waals surface area contributed by atoms with Crippen molar-refractivity contribution in [3.63, 3.8) is 0 Å². The summed E-state index contributed by atoms with van der Waals surface area (Å²) < 4.78 is 0. The highest BCUT2D eigenvalue weighted by molar-refractivity contribution is 7.80. The van der Waals surface area contributed by atoms with Gasteiger partial charge in [-0.15, -0.1) is 0 Å². The summed E-state index contributed by atoms with van der Waals surface area (Å²) >= 11 is 3.94. The molecule has 0 unspecified atom stereocenters. The normalized spacial score (nSPS) is 13.9. The summed E-state index contributed by atoms with van der Waals surface area (Å²) in [7, 11) is 0. The van der Waals surface area contributed by atoms with E-state index in [9.17, 15) is 9.59 Å². The molecule has 8 heteroatoms. The molecule has 7 nitrogen and oxygen atoms in total. The maximum atomic E-state index is 11.7. The van der Waals surface area contributed by atoms with E-state index >= 15 is 0 Å². The molecule has 1 aromatic heterocycles. The van der Waals surface area contributed by atoms with Gasteiger partial charge in [-0.3, -0.25) is 4.79 Å². The first-order valence-electron chi connectivity index (χ1n) is 5.41. The number of aromatic amines is 1. The number of aromatic nitrogens is 2. The van der Waals surface area contributed by atoms with Gasteiger partial charge in [-0.05, 0) is 12.2 Å². The summed E-state index contributed by atoms with van der Waals surface area (Å²) in [6.45, 7) is 0. The quantitative estimate of drug-likeness (QED) is 0.415. The Balaban J connectivity index is 2.50. The molecule has 0 bridgehead atoms. The van der Waals surface area contributed by atoms with Gasteiger partial charge in [0.1, 0.15) is 6.04 Å². The maximum Gasteiger partial charge on any atom is 0.326 e. The molecule has 0 aromatic carbocycles. The zero-order chi connectivity index (χ0) is 13.5. The fourth-order valence-corrected chi connectivity index (χ4v) is 1.65. The van der Waals surface area contributed by atoms with Crippen LogP contribution in [-0.4, -0.2) is 44.8 Å². The van der Waals surface area contributed by atoms with Gasteiger partial charge >= 0.3 is 5.97 Å². The van der Waals surface area contributed by atoms with Crippen LogP contribution in [0, 0.1) is 0 Å². The van der Waals surface area contributed by atoms with Gasteiger partial charge in [0.15, 0.2) is 0 Å². The van der Waals surface area contributed by atoms with E-state index in [0.717, 1.165) is 5.69 Å². The number of nitrogens with two attached hydrogens (primary N) is 1. The van der Waals surface area contributed by atoms with Crippen LogP contribution >= 0.6 is 12.6 Å². The number of nitrogens with zero attached hydrogens (tertiary/aromatic N) is 1. The highest BCUT2D eigenvalue weighted by Gasteiger charge is 2.22. The van der Waals surface area contributed by atoms with Gasteiger partial charge in [-0.1, -0.05) is 0 Å². The smallest absolute Gasteiger partial charge is 0.326 e. The molecule has 100 valence electrons. The second-order valence-electron chi connectivity index (χ2n) is 3.80. The van der Waals surface area contributed by atoms with Gasteiger partial charge in [-0.2, -0.15) is 12.6 Å². The number of carbonyl (C=O) groups excluding carboxylic acids is 1. The molecule has 0 spiro atoms. The largest absolute Gasteiger partial charge is 0.480 e. The zero-order valence-electron chi connectivity index (χ0n) is 9.67. The van der Waals surface area contributed by atoms with Crippen LogP contribution in [0.1, 0.15) is 12.1 Å². The lowest BCUT2D eigenvalue weighted by Crippen LogP contribution is -2.49. The van der Waals surface area contributed by atoms with Crippen molar-refractivity contribution in [2.45, 2.75) is 24.9 Å². The van der Waals surface area contributed by atoms with Gasteiger partial charge in [-0.25, -0.2) is 9.78 Å². The van der Waals surface area contributed by atoms with Crippen LogP contribution in [0.5, 0.6) is 0 Å². The lowest BCUT2D eigenvalue weighted by Gasteiger charge is -2.16. The average Bonchev–Trinajstić information content (AvgIpc) is 2.80. The van der Waals surface area contributed by atoms with E-state index in [4.69, 9.17) is 10.8 Å². The molecule has 0 fully saturated rings. The first kappa shape index (κ1) is 14.5. The number of H-pyrrole nitrogens is 1. The van der Waals surface area contributed by atoms with Crippen LogP contribution in [0.2, 0.25) is 0 Å². The first-order valence-corrected chi connectivity index (χ1v) is 6.04. The summed E-state index contributed by atoms with van der Waals surface area (Å²) in [6, 6.07) is -1.77. The molecule has 1 aromatic rings. The van der Waals surface area contributed by atoms with Crippen LogP contribution in [-0.2, 0) is 16.0 Å². The van der Waals surface area contributed by atoms with Gasteiger partial charge in [0.25, 0.3) is 0 Å². The van der Waals surface area contributed by atoms with Gasteiger partial charge in [0.05, 0.1) is 12.4 Å². The lowest BCUT2D eigenvalue weighted by atomic mass is 10.1. The predicted octanol–water partition coefficient (Wildman–Crippen LogP) is -0.831. The Morgan fingerprint density at radius 3 is 2.83 bits per heavy atom. The molecule has 0 saturated carbocycles. The van der Waals surface area contributed by atoms with Crippen LogP contribution < -0.4 is 11.1 Å². The summed E-state index contributed by atoms with van der Waals surface area (Å²) in [5.41, 5.74) is 6.40. The van der Waals surface area contributed by atoms with Crippen molar-refractivity contribution >= 4 is 24.5 Å². The topological polar surface area (TPSA) is 121 Å². The number of carboxylic acid groups (broad SMARTS) is 1. The van der Waals surface area contributed by atoms with E-state index in [0.29, 0.717) is 5.75 Å². The Labute approximate surface area is 110 Å². The van der Waals surface area contributed by atoms with E-state index in [1.54, 1.807) is 6.20 Å². The Morgan fingerprint density at radius 1 is 1.61 bits per heavy atom. The number of thiol groups is 1. The van der Waals surface area contributed by atoms with E-state index < -0.39 is 24.0 Å². The van der Waals surface area contributed by atoms with Gasteiger partial charge < -0.3 is 21.1 Å². The van der Waals surface area contributed by atoms with Gasteiger partial charge in [0, 0.05) is 18.3 Å². The second-order valence-corrected chi connectivity index (χ2v) is 4.25. The number of hydrogen-bond donors (Lipinski definition) is 5. The molecule has 0 saturated heterocycles. The number of carboxylic acids is 1. The molecule has 1 amide bonds. The van der Waals surface area contributed by atoms with Crippen molar-refractivity contribution in [3.8, 4) is 0 Å². The zero-order valence-corrected chi connectivity index (χ0v) is 10.6. The molecule has 1 rings (SSSR count). The van der Waals surface area contributed by atoms with Crippen molar-refractivity contribution < 1.29 is 14.7 Å². The average molecular weight is 272 g/mol. The van der Waals surface area contributed by atoms with Crippen molar-refractivity contribution in [1.82, 2.24) is 15.3 Å². The summed E-state index contributed by atoms with van der Waals surface area (Å²) in [5, 5.41) is 11.3. The highest BCUT2D eigenvalue weighted by Crippen LogP contribution is 1.99. The molecule has 0 aliphatic rings. The first-order chi connectivity index (χ1) is 8.54. The predicted molar refractivity (Wildman–Crippen MR) is 68.3 cm³/mol. The molecule has 5 N–H and O–H groups in total. The summed E-state index contributed by atoms with van der Waals surface area (Å²) in [4.78, 5) is 29.2. The van der Waals surface area contributed by atoms with E-state index in [2.05, 4.69) is 27.9 Å². The molecular weight excluding hydrogens is 256 g/mol. The number of hydrogen-bond acceptors (Lipinski definition) is 5. The minimum atomic E-state index is -1.09. The van der Waals surface area contributed by atoms with Crippen molar-refractivity contribution in [2.75, 3.05) is 5.75 Å². The van der Waals surface area contributed by atoms with E-state index in [1.165, 1.54) is 6.33 Å². The number of carbonyl (C=O) groups is 2. The van der Waals surface area contributed by atoms with Crippen LogP contribution in [0.3, 0.4) is 0 Å². The Bertz CT molecular complexity index is 396. The number of imidazole rings is 1. The molecule has 0 aliphatic heterocycles. The number of rotatable bonds is 7. The number of nitrogens with one attached hydrogen (secondary N) is 2. The van der Waals surface area contributed by atoms with Crippen molar-refractivity contribution in [2.24, 2.45) is 5.73 Å². The molecule has 0 aliphatic carbocycles. The Morgan fingerprint density at radius 2 is 2.33 bits per heavy atom. The van der Waals surface area contributed by atoms with E-state index in [-0.39, 0.29) is 12.8 Å². The summed E-state index contributed by atoms with van der Waals surface area (Å²) in [5.74, 6) is -1.22. The molecule has 1 heterocycles.